The van der Waals surface area contributed by atoms with E-state index in [-0.39, 0.29) is 6.61 Å². The Hall–Kier alpha value is -3.31. The Bertz CT molecular complexity index is 966. The fourth-order valence-corrected chi connectivity index (χ4v) is 3.04. The highest BCUT2D eigenvalue weighted by Gasteiger charge is 2.13. The second-order valence-corrected chi connectivity index (χ2v) is 6.54. The molecule has 0 aliphatic heterocycles. The summed E-state index contributed by atoms with van der Waals surface area (Å²) in [6.07, 6.45) is 0.151. The van der Waals surface area contributed by atoms with E-state index in [2.05, 4.69) is 26.6 Å². The number of H-pyrrole nitrogens is 1. The molecule has 0 aliphatic carbocycles. The average molecular weight is 379 g/mol. The molecule has 7 nitrogen and oxygen atoms in total. The molecular weight excluding hydrogens is 362 g/mol. The number of nitrogens with zero attached hydrogens (tertiary/aromatic N) is 3. The molecule has 0 radical (unpaired) electrons. The van der Waals surface area contributed by atoms with Gasteiger partial charge in [-0.2, -0.15) is 5.26 Å². The fraction of sp³-hybridized carbons (Fsp3) is 0.158. The first-order valence-electron chi connectivity index (χ1n) is 8.29. The molecule has 1 amide bonds. The second kappa shape index (κ2) is 8.87. The molecule has 0 saturated heterocycles. The van der Waals surface area contributed by atoms with Crippen LogP contribution in [0, 0.1) is 11.3 Å². The molecule has 1 aromatic heterocycles. The minimum absolute atomic E-state index is 0.161. The first-order valence-corrected chi connectivity index (χ1v) is 9.10. The summed E-state index contributed by atoms with van der Waals surface area (Å²) in [7, 11) is 0. The number of hydrogen-bond acceptors (Lipinski definition) is 6. The van der Waals surface area contributed by atoms with Crippen LogP contribution in [-0.4, -0.2) is 21.3 Å². The van der Waals surface area contributed by atoms with Crippen LogP contribution in [0.5, 0.6) is 0 Å². The van der Waals surface area contributed by atoms with Crippen LogP contribution >= 0.6 is 11.8 Å². The van der Waals surface area contributed by atoms with Gasteiger partial charge in [0.15, 0.2) is 0 Å². The Kier molecular flexibility index (Phi) is 6.07. The van der Waals surface area contributed by atoms with Crippen molar-refractivity contribution in [1.82, 2.24) is 15.2 Å². The molecule has 136 valence electrons. The standard InChI is InChI=1S/C19H17N5O2S/c1-2-17-22-18(24-23-17)27-16-9-8-14(11-20)10-15(16)21-19(25)26-12-13-6-4-3-5-7-13/h3-10H,2,12H2,1H3,(H,21,25)(H,22,23,24). The van der Waals surface area contributed by atoms with Crippen LogP contribution in [0.4, 0.5) is 10.5 Å². The molecule has 1 heterocycles. The minimum atomic E-state index is -0.597. The Labute approximate surface area is 160 Å². The quantitative estimate of drug-likeness (QED) is 0.667. The largest absolute Gasteiger partial charge is 0.444 e. The molecule has 0 saturated carbocycles. The Morgan fingerprint density at radius 1 is 1.30 bits per heavy atom. The van der Waals surface area contributed by atoms with Crippen LogP contribution in [0.2, 0.25) is 0 Å². The zero-order valence-corrected chi connectivity index (χ0v) is 15.4. The smallest absolute Gasteiger partial charge is 0.411 e. The van der Waals surface area contributed by atoms with Gasteiger partial charge in [-0.1, -0.05) is 37.3 Å². The van der Waals surface area contributed by atoms with E-state index in [1.165, 1.54) is 11.8 Å². The van der Waals surface area contributed by atoms with Gasteiger partial charge in [0.05, 0.1) is 17.3 Å². The summed E-state index contributed by atoms with van der Waals surface area (Å²) in [5, 5.41) is 19.4. The van der Waals surface area contributed by atoms with Crippen LogP contribution in [0.3, 0.4) is 0 Å². The molecule has 0 unspecified atom stereocenters. The van der Waals surface area contributed by atoms with Gasteiger partial charge in [-0.15, -0.1) is 5.10 Å². The molecule has 27 heavy (non-hydrogen) atoms. The molecule has 3 aromatic rings. The van der Waals surface area contributed by atoms with Gasteiger partial charge in [0.1, 0.15) is 12.4 Å². The molecule has 8 heteroatoms. The van der Waals surface area contributed by atoms with Gasteiger partial charge >= 0.3 is 6.09 Å². The van der Waals surface area contributed by atoms with E-state index < -0.39 is 6.09 Å². The lowest BCUT2D eigenvalue weighted by atomic mass is 10.2. The normalized spacial score (nSPS) is 10.2. The van der Waals surface area contributed by atoms with Crippen molar-refractivity contribution in [2.24, 2.45) is 0 Å². The van der Waals surface area contributed by atoms with E-state index in [9.17, 15) is 4.79 Å². The monoisotopic (exact) mass is 379 g/mol. The van der Waals surface area contributed by atoms with Crippen molar-refractivity contribution in [2.75, 3.05) is 5.32 Å². The van der Waals surface area contributed by atoms with Crippen molar-refractivity contribution in [1.29, 1.82) is 5.26 Å². The molecule has 0 fully saturated rings. The van der Waals surface area contributed by atoms with Crippen molar-refractivity contribution in [3.63, 3.8) is 0 Å². The number of amides is 1. The van der Waals surface area contributed by atoms with Gasteiger partial charge in [-0.25, -0.2) is 9.78 Å². The molecule has 0 spiro atoms. The van der Waals surface area contributed by atoms with Crippen LogP contribution in [-0.2, 0) is 17.8 Å². The first kappa shape index (κ1) is 18.5. The van der Waals surface area contributed by atoms with Crippen LogP contribution in [0.25, 0.3) is 0 Å². The maximum Gasteiger partial charge on any atom is 0.411 e. The molecule has 0 atom stereocenters. The SMILES string of the molecule is CCc1nc(Sc2ccc(C#N)cc2NC(=O)OCc2ccccc2)n[nH]1. The van der Waals surface area contributed by atoms with Gasteiger partial charge in [-0.05, 0) is 35.5 Å². The van der Waals surface area contributed by atoms with E-state index in [0.717, 1.165) is 17.8 Å². The highest BCUT2D eigenvalue weighted by Crippen LogP contribution is 2.32. The zero-order chi connectivity index (χ0) is 19.1. The van der Waals surface area contributed by atoms with E-state index in [4.69, 9.17) is 10.00 Å². The van der Waals surface area contributed by atoms with Crippen molar-refractivity contribution < 1.29 is 9.53 Å². The molecule has 2 aromatic carbocycles. The number of aromatic amines is 1. The van der Waals surface area contributed by atoms with Crippen molar-refractivity contribution >= 4 is 23.5 Å². The fourth-order valence-electron chi connectivity index (χ4n) is 2.24. The Balaban J connectivity index is 1.72. The van der Waals surface area contributed by atoms with Gasteiger partial charge in [0.25, 0.3) is 0 Å². The molecule has 0 aliphatic rings. The molecule has 0 bridgehead atoms. The van der Waals surface area contributed by atoms with Crippen molar-refractivity contribution in [2.45, 2.75) is 30.0 Å². The first-order chi connectivity index (χ1) is 13.2. The molecule has 2 N–H and O–H groups in total. The highest BCUT2D eigenvalue weighted by atomic mass is 32.2. The lowest BCUT2D eigenvalue weighted by Gasteiger charge is -2.11. The highest BCUT2D eigenvalue weighted by molar-refractivity contribution is 7.99. The lowest BCUT2D eigenvalue weighted by Crippen LogP contribution is -2.14. The zero-order valence-electron chi connectivity index (χ0n) is 14.6. The third-order valence-electron chi connectivity index (χ3n) is 3.61. The van der Waals surface area contributed by atoms with E-state index >= 15 is 0 Å². The Morgan fingerprint density at radius 3 is 2.81 bits per heavy atom. The number of anilines is 1. The van der Waals surface area contributed by atoms with Crippen molar-refractivity contribution in [3.05, 3.63) is 65.5 Å². The third-order valence-corrected chi connectivity index (χ3v) is 4.55. The summed E-state index contributed by atoms with van der Waals surface area (Å²) in [4.78, 5) is 17.2. The van der Waals surface area contributed by atoms with E-state index in [0.29, 0.717) is 21.3 Å². The van der Waals surface area contributed by atoms with Gasteiger partial charge in [0.2, 0.25) is 5.16 Å². The summed E-state index contributed by atoms with van der Waals surface area (Å²) in [5.74, 6) is 0.780. The number of benzene rings is 2. The summed E-state index contributed by atoms with van der Waals surface area (Å²) in [5.41, 5.74) is 1.79. The maximum atomic E-state index is 12.2. The van der Waals surface area contributed by atoms with Gasteiger partial charge < -0.3 is 4.74 Å². The lowest BCUT2D eigenvalue weighted by molar-refractivity contribution is 0.155. The van der Waals surface area contributed by atoms with Crippen LogP contribution < -0.4 is 5.32 Å². The Morgan fingerprint density at radius 2 is 2.11 bits per heavy atom. The summed E-state index contributed by atoms with van der Waals surface area (Å²) < 4.78 is 5.25. The number of nitriles is 1. The van der Waals surface area contributed by atoms with Crippen molar-refractivity contribution in [3.8, 4) is 6.07 Å². The van der Waals surface area contributed by atoms with Crippen LogP contribution in [0.15, 0.2) is 58.6 Å². The minimum Gasteiger partial charge on any atom is -0.444 e. The van der Waals surface area contributed by atoms with Gasteiger partial charge in [0, 0.05) is 11.3 Å². The summed E-state index contributed by atoms with van der Waals surface area (Å²) in [6.45, 7) is 2.14. The van der Waals surface area contributed by atoms with Gasteiger partial charge in [-0.3, -0.25) is 10.4 Å². The maximum absolute atomic E-state index is 12.2. The predicted octanol–water partition coefficient (Wildman–Crippen LogP) is 4.14. The van der Waals surface area contributed by atoms with Crippen LogP contribution in [0.1, 0.15) is 23.9 Å². The number of hydrogen-bond donors (Lipinski definition) is 2. The number of aryl methyl sites for hydroxylation is 1. The average Bonchev–Trinajstić information content (AvgIpc) is 3.16. The number of carbonyl (C=O) groups is 1. The number of carbonyl (C=O) groups excluding carboxylic acids is 1. The second-order valence-electron chi connectivity index (χ2n) is 5.53. The number of rotatable bonds is 6. The number of aromatic nitrogens is 3. The number of ether oxygens (including phenoxy) is 1. The molecule has 3 rings (SSSR count). The summed E-state index contributed by atoms with van der Waals surface area (Å²) >= 11 is 1.29. The van der Waals surface area contributed by atoms with E-state index in [1.54, 1.807) is 18.2 Å². The molecular formula is C19H17N5O2S. The van der Waals surface area contributed by atoms with E-state index in [1.807, 2.05) is 37.3 Å². The predicted molar refractivity (Wildman–Crippen MR) is 101 cm³/mol. The number of nitrogens with one attached hydrogen (secondary N) is 2. The third kappa shape index (κ3) is 5.09. The summed E-state index contributed by atoms with van der Waals surface area (Å²) in [6, 6.07) is 16.5. The topological polar surface area (TPSA) is 104 Å².